The first-order chi connectivity index (χ1) is 5.79. The summed E-state index contributed by atoms with van der Waals surface area (Å²) in [5.74, 6) is 3.81. The molecule has 1 fully saturated rings. The molecule has 1 saturated heterocycles. The third kappa shape index (κ3) is 3.40. The zero-order valence-corrected chi connectivity index (χ0v) is 6.97. The molecule has 2 N–H and O–H groups in total. The van der Waals surface area contributed by atoms with E-state index < -0.39 is 5.97 Å². The Morgan fingerprint density at radius 2 is 2.25 bits per heavy atom. The summed E-state index contributed by atoms with van der Waals surface area (Å²) in [7, 11) is 0. The molecule has 1 aliphatic rings. The number of nitrogens with one attached hydrogen (secondary N) is 1. The smallest absolute Gasteiger partial charge is 0.381 e. The molecule has 0 aliphatic carbocycles. The second kappa shape index (κ2) is 4.78. The topological polar surface area (TPSA) is 49.3 Å². The molecule has 0 radical (unpaired) electrons. The molecule has 3 nitrogen and oxygen atoms in total. The van der Waals surface area contributed by atoms with Gasteiger partial charge in [0.25, 0.3) is 0 Å². The molecule has 3 heteroatoms. The summed E-state index contributed by atoms with van der Waals surface area (Å²) >= 11 is 0. The minimum Gasteiger partial charge on any atom is -0.472 e. The van der Waals surface area contributed by atoms with Gasteiger partial charge in [-0.2, -0.15) is 0 Å². The monoisotopic (exact) mass is 167 g/mol. The maximum absolute atomic E-state index is 10.1. The van der Waals surface area contributed by atoms with Crippen molar-refractivity contribution in [1.82, 2.24) is 5.32 Å². The third-order valence-electron chi connectivity index (χ3n) is 1.91. The Bertz CT molecular complexity index is 206. The van der Waals surface area contributed by atoms with Gasteiger partial charge in [-0.05, 0) is 19.4 Å². The Hall–Kier alpha value is -1.01. The predicted octanol–water partition coefficient (Wildman–Crippen LogP) is 0.607. The first-order valence-electron chi connectivity index (χ1n) is 4.27. The number of carbonyl (C=O) groups is 1. The van der Waals surface area contributed by atoms with E-state index in [1.54, 1.807) is 0 Å². The van der Waals surface area contributed by atoms with E-state index in [0.717, 1.165) is 19.4 Å². The van der Waals surface area contributed by atoms with Crippen molar-refractivity contribution < 1.29 is 9.90 Å². The number of hydrogen-bond acceptors (Lipinski definition) is 2. The Morgan fingerprint density at radius 3 is 3.00 bits per heavy atom. The standard InChI is InChI=1S/C9H13NO2/c11-9(12)6-5-8-4-2-1-3-7-10-8/h8,10H,1-4,7H2,(H,11,12). The van der Waals surface area contributed by atoms with Crippen LogP contribution in [0.2, 0.25) is 0 Å². The predicted molar refractivity (Wildman–Crippen MR) is 45.7 cm³/mol. The van der Waals surface area contributed by atoms with Gasteiger partial charge < -0.3 is 10.4 Å². The fraction of sp³-hybridized carbons (Fsp3) is 0.667. The first-order valence-corrected chi connectivity index (χ1v) is 4.27. The molecule has 0 amide bonds. The Labute approximate surface area is 72.2 Å². The third-order valence-corrected chi connectivity index (χ3v) is 1.91. The van der Waals surface area contributed by atoms with Gasteiger partial charge in [-0.25, -0.2) is 4.79 Å². The lowest BCUT2D eigenvalue weighted by Gasteiger charge is -2.06. The van der Waals surface area contributed by atoms with Crippen molar-refractivity contribution in [1.29, 1.82) is 0 Å². The molecule has 1 heterocycles. The quantitative estimate of drug-likeness (QED) is 0.520. The molecule has 0 spiro atoms. The molecule has 0 aromatic heterocycles. The summed E-state index contributed by atoms with van der Waals surface area (Å²) in [4.78, 5) is 10.1. The van der Waals surface area contributed by atoms with Crippen LogP contribution in [-0.2, 0) is 4.79 Å². The number of aliphatic carboxylic acids is 1. The summed E-state index contributed by atoms with van der Waals surface area (Å²) < 4.78 is 0. The highest BCUT2D eigenvalue weighted by Gasteiger charge is 2.07. The Kier molecular flexibility index (Phi) is 3.62. The zero-order valence-electron chi connectivity index (χ0n) is 6.97. The van der Waals surface area contributed by atoms with Gasteiger partial charge in [-0.15, -0.1) is 0 Å². The van der Waals surface area contributed by atoms with Crippen LogP contribution < -0.4 is 5.32 Å². The fourth-order valence-electron chi connectivity index (χ4n) is 1.30. The van der Waals surface area contributed by atoms with Gasteiger partial charge in [-0.3, -0.25) is 0 Å². The van der Waals surface area contributed by atoms with Gasteiger partial charge >= 0.3 is 5.97 Å². The van der Waals surface area contributed by atoms with E-state index in [2.05, 4.69) is 17.2 Å². The number of rotatable bonds is 0. The summed E-state index contributed by atoms with van der Waals surface area (Å²) in [6.45, 7) is 0.957. The van der Waals surface area contributed by atoms with Crippen molar-refractivity contribution in [3.05, 3.63) is 0 Å². The van der Waals surface area contributed by atoms with E-state index in [4.69, 9.17) is 5.11 Å². The molecule has 1 atom stereocenters. The van der Waals surface area contributed by atoms with Gasteiger partial charge in [0.1, 0.15) is 0 Å². The lowest BCUT2D eigenvalue weighted by molar-refractivity contribution is -0.130. The van der Waals surface area contributed by atoms with Crippen molar-refractivity contribution in [2.75, 3.05) is 6.54 Å². The number of carboxylic acids is 1. The van der Waals surface area contributed by atoms with Crippen LogP contribution in [0, 0.1) is 11.8 Å². The van der Waals surface area contributed by atoms with Gasteiger partial charge in [0.2, 0.25) is 0 Å². The van der Waals surface area contributed by atoms with E-state index in [1.165, 1.54) is 12.8 Å². The largest absolute Gasteiger partial charge is 0.472 e. The highest BCUT2D eigenvalue weighted by atomic mass is 16.4. The van der Waals surface area contributed by atoms with Crippen molar-refractivity contribution in [3.8, 4) is 11.8 Å². The zero-order chi connectivity index (χ0) is 8.81. The van der Waals surface area contributed by atoms with E-state index in [0.29, 0.717) is 0 Å². The van der Waals surface area contributed by atoms with Crippen molar-refractivity contribution in [3.63, 3.8) is 0 Å². The molecule has 1 unspecified atom stereocenters. The number of hydrogen-bond donors (Lipinski definition) is 2. The Morgan fingerprint density at radius 1 is 1.42 bits per heavy atom. The molecule has 12 heavy (non-hydrogen) atoms. The maximum atomic E-state index is 10.1. The SMILES string of the molecule is O=C(O)C#CC1CCCCCN1. The van der Waals surface area contributed by atoms with Crippen LogP contribution in [0.15, 0.2) is 0 Å². The van der Waals surface area contributed by atoms with E-state index in [9.17, 15) is 4.79 Å². The molecule has 0 aromatic carbocycles. The summed E-state index contributed by atoms with van der Waals surface area (Å²) in [5, 5.41) is 11.5. The molecule has 1 aliphatic heterocycles. The number of carboxylic acid groups (broad SMARTS) is 1. The van der Waals surface area contributed by atoms with E-state index >= 15 is 0 Å². The van der Waals surface area contributed by atoms with Gasteiger partial charge in [0.05, 0.1) is 6.04 Å². The second-order valence-corrected chi connectivity index (χ2v) is 2.93. The van der Waals surface area contributed by atoms with E-state index in [-0.39, 0.29) is 6.04 Å². The fourth-order valence-corrected chi connectivity index (χ4v) is 1.30. The summed E-state index contributed by atoms with van der Waals surface area (Å²) in [6, 6.07) is 0.0867. The lowest BCUT2D eigenvalue weighted by atomic mass is 10.1. The second-order valence-electron chi connectivity index (χ2n) is 2.93. The summed E-state index contributed by atoms with van der Waals surface area (Å²) in [5.41, 5.74) is 0. The highest BCUT2D eigenvalue weighted by molar-refractivity contribution is 5.86. The summed E-state index contributed by atoms with van der Waals surface area (Å²) in [6.07, 6.45) is 4.51. The van der Waals surface area contributed by atoms with Crippen molar-refractivity contribution in [2.45, 2.75) is 31.7 Å². The van der Waals surface area contributed by atoms with Crippen LogP contribution >= 0.6 is 0 Å². The van der Waals surface area contributed by atoms with Crippen LogP contribution in [0.25, 0.3) is 0 Å². The molecule has 0 aromatic rings. The molecule has 0 saturated carbocycles. The first kappa shape index (κ1) is 9.08. The van der Waals surface area contributed by atoms with Crippen LogP contribution in [0.1, 0.15) is 25.7 Å². The average Bonchev–Trinajstić information content (AvgIpc) is 2.28. The average molecular weight is 167 g/mol. The molecular weight excluding hydrogens is 154 g/mol. The van der Waals surface area contributed by atoms with Crippen LogP contribution in [-0.4, -0.2) is 23.7 Å². The van der Waals surface area contributed by atoms with E-state index in [1.807, 2.05) is 0 Å². The van der Waals surface area contributed by atoms with Crippen molar-refractivity contribution >= 4 is 5.97 Å². The van der Waals surface area contributed by atoms with Gasteiger partial charge in [0, 0.05) is 5.92 Å². The van der Waals surface area contributed by atoms with Gasteiger partial charge in [-0.1, -0.05) is 18.8 Å². The molecule has 0 bridgehead atoms. The van der Waals surface area contributed by atoms with Gasteiger partial charge in [0.15, 0.2) is 0 Å². The maximum Gasteiger partial charge on any atom is 0.381 e. The van der Waals surface area contributed by atoms with Crippen LogP contribution in [0.5, 0.6) is 0 Å². The minimum absolute atomic E-state index is 0.0867. The molecule has 66 valence electrons. The molecule has 1 rings (SSSR count). The van der Waals surface area contributed by atoms with Crippen molar-refractivity contribution in [2.24, 2.45) is 0 Å². The van der Waals surface area contributed by atoms with Crippen LogP contribution in [0.3, 0.4) is 0 Å². The minimum atomic E-state index is -1.04. The molecular formula is C9H13NO2. The lowest BCUT2D eigenvalue weighted by Crippen LogP contribution is -2.26. The van der Waals surface area contributed by atoms with Crippen LogP contribution in [0.4, 0.5) is 0 Å². The highest BCUT2D eigenvalue weighted by Crippen LogP contribution is 2.07. The normalized spacial score (nSPS) is 23.5. The Balaban J connectivity index is 2.40.